The molecule has 0 aromatic rings. The van der Waals surface area contributed by atoms with Crippen molar-refractivity contribution < 1.29 is 18.9 Å². The zero-order valence-electron chi connectivity index (χ0n) is 18.1. The molecular formula is C22H44O4. The summed E-state index contributed by atoms with van der Waals surface area (Å²) in [5.41, 5.74) is 0. The Morgan fingerprint density at radius 3 is 1.85 bits per heavy atom. The van der Waals surface area contributed by atoms with Crippen molar-refractivity contribution in [3.63, 3.8) is 0 Å². The SMILES string of the molecule is CCC=COCCC(CCCCCCCC)C(OCC)(OCC)OCC. The molecule has 0 aliphatic carbocycles. The lowest BCUT2D eigenvalue weighted by molar-refractivity contribution is -0.403. The third-order valence-electron chi connectivity index (χ3n) is 4.46. The molecule has 0 aliphatic rings. The third kappa shape index (κ3) is 11.2. The largest absolute Gasteiger partial charge is 0.502 e. The van der Waals surface area contributed by atoms with Crippen LogP contribution in [0, 0.1) is 5.92 Å². The Hall–Kier alpha value is -0.580. The van der Waals surface area contributed by atoms with Gasteiger partial charge in [0.05, 0.1) is 12.9 Å². The second kappa shape index (κ2) is 17.8. The molecule has 0 aromatic carbocycles. The first-order valence-corrected chi connectivity index (χ1v) is 10.9. The second-order valence-electron chi connectivity index (χ2n) is 6.60. The van der Waals surface area contributed by atoms with E-state index in [9.17, 15) is 0 Å². The minimum atomic E-state index is -0.945. The minimum absolute atomic E-state index is 0.170. The van der Waals surface area contributed by atoms with Gasteiger partial charge in [-0.25, -0.2) is 0 Å². The summed E-state index contributed by atoms with van der Waals surface area (Å²) in [4.78, 5) is 0. The maximum absolute atomic E-state index is 6.03. The molecule has 0 amide bonds. The van der Waals surface area contributed by atoms with Gasteiger partial charge in [0.1, 0.15) is 0 Å². The lowest BCUT2D eigenvalue weighted by Gasteiger charge is -2.39. The maximum Gasteiger partial charge on any atom is 0.285 e. The monoisotopic (exact) mass is 372 g/mol. The van der Waals surface area contributed by atoms with E-state index in [1.165, 1.54) is 38.5 Å². The standard InChI is InChI=1S/C22H44O4/c1-6-11-13-14-15-16-17-21(18-20-23-19-12-7-2)22(24-8-3,25-9-4)26-10-5/h12,19,21H,6-11,13-18,20H2,1-5H3. The third-order valence-corrected chi connectivity index (χ3v) is 4.46. The molecule has 4 nitrogen and oxygen atoms in total. The highest BCUT2D eigenvalue weighted by Gasteiger charge is 2.41. The Morgan fingerprint density at radius 1 is 0.731 bits per heavy atom. The van der Waals surface area contributed by atoms with Gasteiger partial charge in [-0.3, -0.25) is 0 Å². The molecule has 0 saturated carbocycles. The van der Waals surface area contributed by atoms with Gasteiger partial charge in [-0.05, 0) is 40.0 Å². The predicted molar refractivity (Wildman–Crippen MR) is 109 cm³/mol. The van der Waals surface area contributed by atoms with Crippen LogP contribution in [0.15, 0.2) is 12.3 Å². The van der Waals surface area contributed by atoms with Gasteiger partial charge in [0.15, 0.2) is 0 Å². The van der Waals surface area contributed by atoms with Gasteiger partial charge in [0.2, 0.25) is 0 Å². The van der Waals surface area contributed by atoms with E-state index in [2.05, 4.69) is 13.8 Å². The van der Waals surface area contributed by atoms with Crippen molar-refractivity contribution >= 4 is 0 Å². The molecule has 0 N–H and O–H groups in total. The fourth-order valence-corrected chi connectivity index (χ4v) is 3.19. The first-order chi connectivity index (χ1) is 12.7. The Labute approximate surface area is 162 Å². The van der Waals surface area contributed by atoms with Crippen molar-refractivity contribution in [3.05, 3.63) is 12.3 Å². The predicted octanol–water partition coefficient (Wildman–Crippen LogP) is 6.45. The van der Waals surface area contributed by atoms with E-state index in [0.717, 1.165) is 19.3 Å². The molecule has 0 radical (unpaired) electrons. The number of unbranched alkanes of at least 4 members (excludes halogenated alkanes) is 5. The molecule has 0 spiro atoms. The summed E-state index contributed by atoms with van der Waals surface area (Å²) in [6, 6.07) is 0. The molecule has 26 heavy (non-hydrogen) atoms. The normalized spacial score (nSPS) is 13.4. The molecular weight excluding hydrogens is 328 g/mol. The molecule has 0 rings (SSSR count). The van der Waals surface area contributed by atoms with Crippen molar-refractivity contribution in [1.29, 1.82) is 0 Å². The fraction of sp³-hybridized carbons (Fsp3) is 0.909. The second-order valence-corrected chi connectivity index (χ2v) is 6.60. The molecule has 1 atom stereocenters. The van der Waals surface area contributed by atoms with E-state index in [-0.39, 0.29) is 5.92 Å². The van der Waals surface area contributed by atoms with Crippen molar-refractivity contribution in [2.24, 2.45) is 5.92 Å². The highest BCUT2D eigenvalue weighted by atomic mass is 16.9. The van der Waals surface area contributed by atoms with Crippen LogP contribution in [0.1, 0.15) is 92.4 Å². The zero-order chi connectivity index (χ0) is 19.5. The lowest BCUT2D eigenvalue weighted by atomic mass is 9.94. The highest BCUT2D eigenvalue weighted by Crippen LogP contribution is 2.33. The average Bonchev–Trinajstić information content (AvgIpc) is 2.63. The van der Waals surface area contributed by atoms with Crippen molar-refractivity contribution in [1.82, 2.24) is 0 Å². The zero-order valence-corrected chi connectivity index (χ0v) is 18.1. The number of allylic oxidation sites excluding steroid dienone is 1. The van der Waals surface area contributed by atoms with Crippen LogP contribution in [0.25, 0.3) is 0 Å². The Kier molecular flexibility index (Phi) is 17.4. The number of ether oxygens (including phenoxy) is 4. The Morgan fingerprint density at radius 2 is 1.31 bits per heavy atom. The van der Waals surface area contributed by atoms with E-state index < -0.39 is 5.97 Å². The van der Waals surface area contributed by atoms with Crippen LogP contribution < -0.4 is 0 Å². The number of hydrogen-bond acceptors (Lipinski definition) is 4. The Bertz CT molecular complexity index is 300. The van der Waals surface area contributed by atoms with Crippen LogP contribution in [0.2, 0.25) is 0 Å². The minimum Gasteiger partial charge on any atom is -0.502 e. The molecule has 156 valence electrons. The Balaban J connectivity index is 4.82. The molecule has 1 unspecified atom stereocenters. The van der Waals surface area contributed by atoms with Crippen molar-refractivity contribution in [2.75, 3.05) is 26.4 Å². The number of hydrogen-bond donors (Lipinski definition) is 0. The van der Waals surface area contributed by atoms with Crippen LogP contribution >= 0.6 is 0 Å². The molecule has 0 fully saturated rings. The van der Waals surface area contributed by atoms with E-state index in [0.29, 0.717) is 26.4 Å². The van der Waals surface area contributed by atoms with Gasteiger partial charge in [0, 0.05) is 25.7 Å². The fourth-order valence-electron chi connectivity index (χ4n) is 3.19. The summed E-state index contributed by atoms with van der Waals surface area (Å²) in [5.74, 6) is -0.775. The van der Waals surface area contributed by atoms with Gasteiger partial charge in [-0.2, -0.15) is 0 Å². The molecule has 0 aromatic heterocycles. The van der Waals surface area contributed by atoms with Gasteiger partial charge < -0.3 is 18.9 Å². The quantitative estimate of drug-likeness (QED) is 0.148. The molecule has 0 aliphatic heterocycles. The van der Waals surface area contributed by atoms with Crippen LogP contribution in [-0.4, -0.2) is 32.4 Å². The smallest absolute Gasteiger partial charge is 0.285 e. The van der Waals surface area contributed by atoms with Crippen LogP contribution in [0.5, 0.6) is 0 Å². The molecule has 0 bridgehead atoms. The molecule has 0 saturated heterocycles. The summed E-state index contributed by atoms with van der Waals surface area (Å²) >= 11 is 0. The maximum atomic E-state index is 6.03. The summed E-state index contributed by atoms with van der Waals surface area (Å²) in [6.07, 6.45) is 14.4. The van der Waals surface area contributed by atoms with Crippen molar-refractivity contribution in [2.45, 2.75) is 98.4 Å². The summed E-state index contributed by atoms with van der Waals surface area (Å²) in [7, 11) is 0. The van der Waals surface area contributed by atoms with Gasteiger partial charge in [-0.15, -0.1) is 0 Å². The van der Waals surface area contributed by atoms with E-state index in [4.69, 9.17) is 18.9 Å². The first kappa shape index (κ1) is 25.4. The summed E-state index contributed by atoms with van der Waals surface area (Å²) in [6.45, 7) is 12.7. The van der Waals surface area contributed by atoms with Gasteiger partial charge in [0.25, 0.3) is 5.97 Å². The van der Waals surface area contributed by atoms with Crippen LogP contribution in [0.4, 0.5) is 0 Å². The average molecular weight is 373 g/mol. The lowest BCUT2D eigenvalue weighted by Crippen LogP contribution is -2.47. The van der Waals surface area contributed by atoms with E-state index in [1.807, 2.05) is 26.8 Å². The highest BCUT2D eigenvalue weighted by molar-refractivity contribution is 4.75. The van der Waals surface area contributed by atoms with Gasteiger partial charge in [-0.1, -0.05) is 58.4 Å². The van der Waals surface area contributed by atoms with Crippen LogP contribution in [0.3, 0.4) is 0 Å². The number of rotatable bonds is 19. The van der Waals surface area contributed by atoms with E-state index >= 15 is 0 Å². The summed E-state index contributed by atoms with van der Waals surface area (Å²) < 4.78 is 23.7. The first-order valence-electron chi connectivity index (χ1n) is 10.9. The topological polar surface area (TPSA) is 36.9 Å². The van der Waals surface area contributed by atoms with E-state index in [1.54, 1.807) is 6.26 Å². The van der Waals surface area contributed by atoms with Crippen molar-refractivity contribution in [3.8, 4) is 0 Å². The molecule has 0 heterocycles. The van der Waals surface area contributed by atoms with Gasteiger partial charge >= 0.3 is 0 Å². The summed E-state index contributed by atoms with van der Waals surface area (Å²) in [5, 5.41) is 0. The molecule has 4 heteroatoms. The van der Waals surface area contributed by atoms with Crippen LogP contribution in [-0.2, 0) is 18.9 Å².